The molecule has 2 aromatic rings. The summed E-state index contributed by atoms with van der Waals surface area (Å²) in [6.07, 6.45) is 0. The molecule has 7 heteroatoms. The molecule has 1 N–H and O–H groups in total. The Kier molecular flexibility index (Phi) is 4.79. The maximum atomic E-state index is 12.4. The van der Waals surface area contributed by atoms with Gasteiger partial charge < -0.3 is 0 Å². The van der Waals surface area contributed by atoms with Crippen molar-refractivity contribution in [2.45, 2.75) is 24.1 Å². The van der Waals surface area contributed by atoms with Crippen LogP contribution in [0.3, 0.4) is 0 Å². The van der Waals surface area contributed by atoms with E-state index in [4.69, 9.17) is 11.6 Å². The van der Waals surface area contributed by atoms with Crippen LogP contribution >= 0.6 is 38.9 Å². The van der Waals surface area contributed by atoms with Gasteiger partial charge in [-0.25, -0.2) is 8.42 Å². The second-order valence-electron chi connectivity index (χ2n) is 4.28. The summed E-state index contributed by atoms with van der Waals surface area (Å²) >= 11 is 10.8. The van der Waals surface area contributed by atoms with Crippen LogP contribution in [0.2, 0.25) is 0 Å². The van der Waals surface area contributed by atoms with Gasteiger partial charge in [-0.3, -0.25) is 4.72 Å². The summed E-state index contributed by atoms with van der Waals surface area (Å²) in [7, 11) is -3.61. The fourth-order valence-electron chi connectivity index (χ4n) is 1.83. The van der Waals surface area contributed by atoms with Crippen molar-refractivity contribution in [2.75, 3.05) is 4.72 Å². The molecular formula is C13H13BrClNO2S2. The molecule has 108 valence electrons. The maximum absolute atomic E-state index is 12.4. The van der Waals surface area contributed by atoms with Crippen LogP contribution < -0.4 is 4.72 Å². The van der Waals surface area contributed by atoms with E-state index in [0.717, 1.165) is 14.2 Å². The normalized spacial score (nSPS) is 13.2. The van der Waals surface area contributed by atoms with Gasteiger partial charge in [0.05, 0.1) is 14.9 Å². The van der Waals surface area contributed by atoms with Crippen LogP contribution in [0.1, 0.15) is 22.7 Å². The van der Waals surface area contributed by atoms with Crippen LogP contribution in [0.25, 0.3) is 0 Å². The Morgan fingerprint density at radius 3 is 2.55 bits per heavy atom. The first kappa shape index (κ1) is 15.8. The number of rotatable bonds is 4. The van der Waals surface area contributed by atoms with Crippen molar-refractivity contribution in [2.24, 2.45) is 0 Å². The molecule has 0 fully saturated rings. The van der Waals surface area contributed by atoms with Gasteiger partial charge in [-0.2, -0.15) is 0 Å². The Morgan fingerprint density at radius 2 is 2.00 bits per heavy atom. The number of alkyl halides is 1. The second kappa shape index (κ2) is 6.05. The summed E-state index contributed by atoms with van der Waals surface area (Å²) in [4.78, 5) is 1.02. The van der Waals surface area contributed by atoms with Gasteiger partial charge in [-0.05, 0) is 47.5 Å². The van der Waals surface area contributed by atoms with Crippen molar-refractivity contribution in [3.63, 3.8) is 0 Å². The molecule has 0 aliphatic carbocycles. The molecule has 0 saturated heterocycles. The molecule has 0 radical (unpaired) electrons. The molecule has 1 unspecified atom stereocenters. The van der Waals surface area contributed by atoms with E-state index in [1.165, 1.54) is 11.3 Å². The first-order chi connectivity index (χ1) is 9.31. The minimum absolute atomic E-state index is 0.274. The molecule has 3 nitrogen and oxygen atoms in total. The standard InChI is InChI=1S/C13H13BrClNO2S2/c1-8(15)10-5-3-4-6-11(10)16-20(17,18)12-7-13(14)19-9(12)2/h3-8,16H,1-2H3. The zero-order chi connectivity index (χ0) is 14.9. The third kappa shape index (κ3) is 3.36. The lowest BCUT2D eigenvalue weighted by molar-refractivity contribution is 0.601. The van der Waals surface area contributed by atoms with Crippen LogP contribution in [0.15, 0.2) is 39.0 Å². The van der Waals surface area contributed by atoms with E-state index in [1.54, 1.807) is 32.0 Å². The van der Waals surface area contributed by atoms with E-state index >= 15 is 0 Å². The van der Waals surface area contributed by atoms with E-state index in [2.05, 4.69) is 20.7 Å². The van der Waals surface area contributed by atoms with Gasteiger partial charge in [0, 0.05) is 4.88 Å². The van der Waals surface area contributed by atoms with Crippen molar-refractivity contribution >= 4 is 54.6 Å². The number of para-hydroxylation sites is 1. The first-order valence-electron chi connectivity index (χ1n) is 5.83. The average Bonchev–Trinajstić information content (AvgIpc) is 2.69. The highest BCUT2D eigenvalue weighted by atomic mass is 79.9. The molecule has 0 aliphatic heterocycles. The summed E-state index contributed by atoms with van der Waals surface area (Å²) in [5.41, 5.74) is 1.27. The second-order valence-corrected chi connectivity index (χ2v) is 9.22. The molecule has 0 saturated carbocycles. The average molecular weight is 395 g/mol. The first-order valence-corrected chi connectivity index (χ1v) is 9.36. The predicted molar refractivity (Wildman–Crippen MR) is 88.3 cm³/mol. The Morgan fingerprint density at radius 1 is 1.35 bits per heavy atom. The van der Waals surface area contributed by atoms with Crippen molar-refractivity contribution < 1.29 is 8.42 Å². The Bertz CT molecular complexity index is 726. The molecule has 2 rings (SSSR count). The number of anilines is 1. The van der Waals surface area contributed by atoms with E-state index < -0.39 is 10.0 Å². The molecule has 1 heterocycles. The number of thiophene rings is 1. The molecule has 0 amide bonds. The third-order valence-corrected chi connectivity index (χ3v) is 6.17. The number of hydrogen-bond acceptors (Lipinski definition) is 3. The number of sulfonamides is 1. The lowest BCUT2D eigenvalue weighted by Gasteiger charge is -2.13. The van der Waals surface area contributed by atoms with Gasteiger partial charge in [0.2, 0.25) is 0 Å². The molecule has 0 spiro atoms. The van der Waals surface area contributed by atoms with E-state index in [-0.39, 0.29) is 10.3 Å². The third-order valence-electron chi connectivity index (χ3n) is 2.77. The molecule has 1 aromatic carbocycles. The lowest BCUT2D eigenvalue weighted by Crippen LogP contribution is -2.14. The Hall–Kier alpha value is -0.560. The predicted octanol–water partition coefficient (Wildman–Crippen LogP) is 4.92. The summed E-state index contributed by atoms with van der Waals surface area (Å²) in [5.74, 6) is 0. The smallest absolute Gasteiger partial charge is 0.263 e. The van der Waals surface area contributed by atoms with E-state index in [9.17, 15) is 8.42 Å². The maximum Gasteiger partial charge on any atom is 0.263 e. The summed E-state index contributed by atoms with van der Waals surface area (Å²) in [6.45, 7) is 3.58. The summed E-state index contributed by atoms with van der Waals surface area (Å²) in [6, 6.07) is 8.74. The summed E-state index contributed by atoms with van der Waals surface area (Å²) < 4.78 is 28.3. The van der Waals surface area contributed by atoms with Crippen molar-refractivity contribution in [1.29, 1.82) is 0 Å². The number of hydrogen-bond donors (Lipinski definition) is 1. The van der Waals surface area contributed by atoms with Crippen molar-refractivity contribution in [1.82, 2.24) is 0 Å². The SMILES string of the molecule is Cc1sc(Br)cc1S(=O)(=O)Nc1ccccc1C(C)Cl. The number of nitrogens with one attached hydrogen (secondary N) is 1. The van der Waals surface area contributed by atoms with Gasteiger partial charge >= 0.3 is 0 Å². The van der Waals surface area contributed by atoms with Crippen molar-refractivity contribution in [3.05, 3.63) is 44.6 Å². The van der Waals surface area contributed by atoms with Gasteiger partial charge in [-0.1, -0.05) is 18.2 Å². The minimum atomic E-state index is -3.61. The fraction of sp³-hybridized carbons (Fsp3) is 0.231. The van der Waals surface area contributed by atoms with E-state index in [1.807, 2.05) is 12.1 Å². The van der Waals surface area contributed by atoms with E-state index in [0.29, 0.717) is 5.69 Å². The highest BCUT2D eigenvalue weighted by Crippen LogP contribution is 2.33. The van der Waals surface area contributed by atoms with Crippen LogP contribution in [-0.4, -0.2) is 8.42 Å². The highest BCUT2D eigenvalue weighted by Gasteiger charge is 2.21. The quantitative estimate of drug-likeness (QED) is 0.748. The Balaban J connectivity index is 2.41. The topological polar surface area (TPSA) is 46.2 Å². The lowest BCUT2D eigenvalue weighted by atomic mass is 10.1. The number of aryl methyl sites for hydroxylation is 1. The van der Waals surface area contributed by atoms with Gasteiger partial charge in [0.1, 0.15) is 4.90 Å². The zero-order valence-corrected chi connectivity index (χ0v) is 14.8. The monoisotopic (exact) mass is 393 g/mol. The van der Waals surface area contributed by atoms with Crippen LogP contribution in [0.5, 0.6) is 0 Å². The molecular weight excluding hydrogens is 382 g/mol. The minimum Gasteiger partial charge on any atom is -0.279 e. The molecule has 20 heavy (non-hydrogen) atoms. The summed E-state index contributed by atoms with van der Waals surface area (Å²) in [5, 5.41) is -0.274. The highest BCUT2D eigenvalue weighted by molar-refractivity contribution is 9.11. The molecule has 1 atom stereocenters. The van der Waals surface area contributed by atoms with Gasteiger partial charge in [0.15, 0.2) is 0 Å². The Labute approximate surface area is 136 Å². The molecule has 0 aliphatic rings. The van der Waals surface area contributed by atoms with Gasteiger partial charge in [-0.15, -0.1) is 22.9 Å². The van der Waals surface area contributed by atoms with Crippen LogP contribution in [-0.2, 0) is 10.0 Å². The van der Waals surface area contributed by atoms with Gasteiger partial charge in [0.25, 0.3) is 10.0 Å². The van der Waals surface area contributed by atoms with Crippen LogP contribution in [0, 0.1) is 6.92 Å². The molecule has 1 aromatic heterocycles. The largest absolute Gasteiger partial charge is 0.279 e. The fourth-order valence-corrected chi connectivity index (χ4v) is 5.53. The number of halogens is 2. The zero-order valence-electron chi connectivity index (χ0n) is 10.9. The molecule has 0 bridgehead atoms. The van der Waals surface area contributed by atoms with Crippen molar-refractivity contribution in [3.8, 4) is 0 Å². The number of benzene rings is 1. The van der Waals surface area contributed by atoms with Crippen LogP contribution in [0.4, 0.5) is 5.69 Å².